The summed E-state index contributed by atoms with van der Waals surface area (Å²) in [5.41, 5.74) is 4.56. The lowest BCUT2D eigenvalue weighted by molar-refractivity contribution is 0.107. The Balaban J connectivity index is 1.94. The van der Waals surface area contributed by atoms with Crippen molar-refractivity contribution in [2.45, 2.75) is 43.6 Å². The SMILES string of the molecule is C=C1c2ccc(OC)cc2[C@]23CCCC[C@@H]2[C@H]1NCC3. The molecule has 0 radical (unpaired) electrons. The van der Waals surface area contributed by atoms with Crippen LogP contribution in [0.3, 0.4) is 0 Å². The van der Waals surface area contributed by atoms with E-state index >= 15 is 0 Å². The lowest BCUT2D eigenvalue weighted by Crippen LogP contribution is -2.58. The van der Waals surface area contributed by atoms with Crippen LogP contribution >= 0.6 is 0 Å². The average Bonchev–Trinajstić information content (AvgIpc) is 2.52. The zero-order valence-electron chi connectivity index (χ0n) is 12.2. The first kappa shape index (κ1) is 12.5. The molecule has 2 nitrogen and oxygen atoms in total. The van der Waals surface area contributed by atoms with Gasteiger partial charge in [-0.15, -0.1) is 0 Å². The maximum Gasteiger partial charge on any atom is 0.119 e. The molecule has 2 heteroatoms. The fourth-order valence-electron chi connectivity index (χ4n) is 5.00. The topological polar surface area (TPSA) is 21.3 Å². The van der Waals surface area contributed by atoms with E-state index in [-0.39, 0.29) is 0 Å². The molecule has 1 aromatic carbocycles. The summed E-state index contributed by atoms with van der Waals surface area (Å²) in [4.78, 5) is 0. The molecule has 1 aromatic rings. The lowest BCUT2D eigenvalue weighted by Gasteiger charge is -2.56. The normalized spacial score (nSPS) is 35.1. The van der Waals surface area contributed by atoms with Gasteiger partial charge in [0, 0.05) is 11.5 Å². The van der Waals surface area contributed by atoms with Crippen LogP contribution in [0.25, 0.3) is 5.57 Å². The number of fused-ring (bicyclic) bond motifs is 1. The van der Waals surface area contributed by atoms with Gasteiger partial charge in [-0.3, -0.25) is 0 Å². The van der Waals surface area contributed by atoms with Gasteiger partial charge in [-0.1, -0.05) is 25.5 Å². The molecule has 3 atom stereocenters. The van der Waals surface area contributed by atoms with Gasteiger partial charge in [0.05, 0.1) is 7.11 Å². The molecule has 106 valence electrons. The Bertz CT molecular complexity index is 561. The number of hydrogen-bond acceptors (Lipinski definition) is 2. The monoisotopic (exact) mass is 269 g/mol. The van der Waals surface area contributed by atoms with Crippen LogP contribution in [-0.4, -0.2) is 19.7 Å². The molecular formula is C18H23NO. The summed E-state index contributed by atoms with van der Waals surface area (Å²) in [6.07, 6.45) is 6.68. The minimum atomic E-state index is 0.374. The van der Waals surface area contributed by atoms with Gasteiger partial charge in [-0.2, -0.15) is 0 Å². The highest BCUT2D eigenvalue weighted by molar-refractivity contribution is 5.75. The van der Waals surface area contributed by atoms with Crippen molar-refractivity contribution in [3.63, 3.8) is 0 Å². The second-order valence-corrected chi connectivity index (χ2v) is 6.63. The molecule has 1 heterocycles. The van der Waals surface area contributed by atoms with Crippen LogP contribution in [0.5, 0.6) is 5.75 Å². The molecule has 0 spiro atoms. The Morgan fingerprint density at radius 1 is 1.30 bits per heavy atom. The molecule has 20 heavy (non-hydrogen) atoms. The van der Waals surface area contributed by atoms with E-state index in [9.17, 15) is 0 Å². The van der Waals surface area contributed by atoms with Crippen molar-refractivity contribution >= 4 is 5.57 Å². The van der Waals surface area contributed by atoms with Crippen LogP contribution in [0.4, 0.5) is 0 Å². The van der Waals surface area contributed by atoms with Gasteiger partial charge in [-0.25, -0.2) is 0 Å². The molecule has 2 bridgehead atoms. The van der Waals surface area contributed by atoms with Gasteiger partial charge in [0.2, 0.25) is 0 Å². The van der Waals surface area contributed by atoms with Crippen LogP contribution in [0.2, 0.25) is 0 Å². The smallest absolute Gasteiger partial charge is 0.119 e. The van der Waals surface area contributed by atoms with Crippen molar-refractivity contribution in [1.82, 2.24) is 5.32 Å². The number of rotatable bonds is 1. The summed E-state index contributed by atoms with van der Waals surface area (Å²) in [6.45, 7) is 5.54. The van der Waals surface area contributed by atoms with E-state index < -0.39 is 0 Å². The van der Waals surface area contributed by atoms with Gasteiger partial charge in [0.25, 0.3) is 0 Å². The van der Waals surface area contributed by atoms with Crippen molar-refractivity contribution < 1.29 is 4.74 Å². The standard InChI is InChI=1S/C18H23NO/c1-12-14-7-6-13(20-2)11-16(14)18-8-4-3-5-15(18)17(12)19-10-9-18/h6-7,11,15,17,19H,1,3-5,8-10H2,2H3/t15-,17+,18+/m1/s1. The molecule has 4 rings (SSSR count). The molecule has 3 aliphatic rings. The molecule has 1 saturated carbocycles. The van der Waals surface area contributed by atoms with E-state index in [1.165, 1.54) is 48.8 Å². The first-order valence-electron chi connectivity index (χ1n) is 7.87. The third-order valence-corrected chi connectivity index (χ3v) is 5.92. The van der Waals surface area contributed by atoms with Crippen molar-refractivity contribution in [2.75, 3.05) is 13.7 Å². The predicted molar refractivity (Wildman–Crippen MR) is 82.1 cm³/mol. The Morgan fingerprint density at radius 3 is 3.05 bits per heavy atom. The summed E-state index contributed by atoms with van der Waals surface area (Å²) in [7, 11) is 1.76. The average molecular weight is 269 g/mol. The van der Waals surface area contributed by atoms with Crippen LogP contribution < -0.4 is 10.1 Å². The van der Waals surface area contributed by atoms with Crippen molar-refractivity contribution in [3.8, 4) is 5.75 Å². The quantitative estimate of drug-likeness (QED) is 0.842. The molecule has 0 unspecified atom stereocenters. The van der Waals surface area contributed by atoms with Crippen LogP contribution in [-0.2, 0) is 5.41 Å². The van der Waals surface area contributed by atoms with Gasteiger partial charge < -0.3 is 10.1 Å². The number of nitrogens with one attached hydrogen (secondary N) is 1. The molecular weight excluding hydrogens is 246 g/mol. The molecule has 0 amide bonds. The predicted octanol–water partition coefficient (Wildman–Crippen LogP) is 3.51. The second-order valence-electron chi connectivity index (χ2n) is 6.63. The summed E-state index contributed by atoms with van der Waals surface area (Å²) >= 11 is 0. The summed E-state index contributed by atoms with van der Waals surface area (Å²) < 4.78 is 5.48. The van der Waals surface area contributed by atoms with Gasteiger partial charge in [0.1, 0.15) is 5.75 Å². The highest BCUT2D eigenvalue weighted by atomic mass is 16.5. The molecule has 2 fully saturated rings. The van der Waals surface area contributed by atoms with Gasteiger partial charge in [0.15, 0.2) is 0 Å². The number of hydrogen-bond donors (Lipinski definition) is 1. The fraction of sp³-hybridized carbons (Fsp3) is 0.556. The first-order chi connectivity index (χ1) is 9.76. The third kappa shape index (κ3) is 1.49. The largest absolute Gasteiger partial charge is 0.497 e. The lowest BCUT2D eigenvalue weighted by atomic mass is 9.52. The van der Waals surface area contributed by atoms with Crippen molar-refractivity contribution in [2.24, 2.45) is 5.92 Å². The Hall–Kier alpha value is -1.28. The minimum absolute atomic E-state index is 0.374. The number of methoxy groups -OCH3 is 1. The van der Waals surface area contributed by atoms with E-state index in [0.29, 0.717) is 11.5 Å². The maximum atomic E-state index is 5.48. The summed E-state index contributed by atoms with van der Waals surface area (Å²) in [6, 6.07) is 7.09. The molecule has 2 aliphatic carbocycles. The second kappa shape index (κ2) is 4.36. The molecule has 1 aliphatic heterocycles. The van der Waals surface area contributed by atoms with Crippen molar-refractivity contribution in [3.05, 3.63) is 35.9 Å². The van der Waals surface area contributed by atoms with E-state index in [1.807, 2.05) is 0 Å². The van der Waals surface area contributed by atoms with Crippen molar-refractivity contribution in [1.29, 1.82) is 0 Å². The molecule has 1 saturated heterocycles. The highest BCUT2D eigenvalue weighted by Gasteiger charge is 2.52. The zero-order valence-corrected chi connectivity index (χ0v) is 12.2. The van der Waals surface area contributed by atoms with E-state index in [0.717, 1.165) is 18.2 Å². The van der Waals surface area contributed by atoms with Gasteiger partial charge >= 0.3 is 0 Å². The fourth-order valence-corrected chi connectivity index (χ4v) is 5.00. The number of piperidine rings is 1. The summed E-state index contributed by atoms with van der Waals surface area (Å²) in [5.74, 6) is 1.73. The summed E-state index contributed by atoms with van der Waals surface area (Å²) in [5, 5.41) is 3.73. The van der Waals surface area contributed by atoms with Gasteiger partial charge in [-0.05, 0) is 60.6 Å². The molecule has 0 aromatic heterocycles. The Morgan fingerprint density at radius 2 is 2.20 bits per heavy atom. The zero-order chi connectivity index (χ0) is 13.7. The highest BCUT2D eigenvalue weighted by Crippen LogP contribution is 2.56. The van der Waals surface area contributed by atoms with E-state index in [4.69, 9.17) is 4.74 Å². The van der Waals surface area contributed by atoms with Crippen LogP contribution in [0, 0.1) is 5.92 Å². The van der Waals surface area contributed by atoms with Crippen LogP contribution in [0.1, 0.15) is 43.2 Å². The third-order valence-electron chi connectivity index (χ3n) is 5.92. The Kier molecular flexibility index (Phi) is 2.71. The minimum Gasteiger partial charge on any atom is -0.497 e. The number of benzene rings is 1. The first-order valence-corrected chi connectivity index (χ1v) is 7.87. The number of ether oxygens (including phenoxy) is 1. The van der Waals surface area contributed by atoms with E-state index in [1.54, 1.807) is 7.11 Å². The Labute approximate surface area is 121 Å². The van der Waals surface area contributed by atoms with Crippen LogP contribution in [0.15, 0.2) is 24.8 Å². The maximum absolute atomic E-state index is 5.48. The van der Waals surface area contributed by atoms with E-state index in [2.05, 4.69) is 30.1 Å². The molecule has 1 N–H and O–H groups in total.